The van der Waals surface area contributed by atoms with E-state index in [2.05, 4.69) is 23.3 Å². The molecular formula is C20H26N2O4S2. The number of hydrogen-bond acceptors (Lipinski definition) is 6. The van der Waals surface area contributed by atoms with Crippen LogP contribution in [0.2, 0.25) is 0 Å². The van der Waals surface area contributed by atoms with Gasteiger partial charge in [-0.1, -0.05) is 0 Å². The Labute approximate surface area is 170 Å². The molecule has 0 saturated carbocycles. The summed E-state index contributed by atoms with van der Waals surface area (Å²) in [6, 6.07) is 9.38. The predicted molar refractivity (Wildman–Crippen MR) is 110 cm³/mol. The van der Waals surface area contributed by atoms with E-state index >= 15 is 0 Å². The van der Waals surface area contributed by atoms with Gasteiger partial charge in [-0.2, -0.15) is 4.31 Å². The van der Waals surface area contributed by atoms with Crippen LogP contribution in [0.5, 0.6) is 5.75 Å². The predicted octanol–water partition coefficient (Wildman–Crippen LogP) is 2.77. The zero-order valence-corrected chi connectivity index (χ0v) is 17.7. The van der Waals surface area contributed by atoms with Gasteiger partial charge in [0.1, 0.15) is 12.4 Å². The Kier molecular flexibility index (Phi) is 6.03. The zero-order valence-electron chi connectivity index (χ0n) is 16.0. The van der Waals surface area contributed by atoms with Crippen molar-refractivity contribution in [1.29, 1.82) is 0 Å². The summed E-state index contributed by atoms with van der Waals surface area (Å²) >= 11 is 1.85. The first-order valence-electron chi connectivity index (χ1n) is 9.67. The summed E-state index contributed by atoms with van der Waals surface area (Å²) in [5, 5.41) is 2.17. The molecule has 8 heteroatoms. The Morgan fingerprint density at radius 2 is 1.89 bits per heavy atom. The molecule has 1 aromatic heterocycles. The van der Waals surface area contributed by atoms with Crippen LogP contribution in [0.25, 0.3) is 0 Å². The van der Waals surface area contributed by atoms with Crippen molar-refractivity contribution in [2.75, 3.05) is 46.0 Å². The zero-order chi connectivity index (χ0) is 19.6. The number of hydrogen-bond donors (Lipinski definition) is 0. The first kappa shape index (κ1) is 19.8. The number of nitrogens with zero attached hydrogens (tertiary/aromatic N) is 2. The van der Waals surface area contributed by atoms with E-state index in [4.69, 9.17) is 9.47 Å². The van der Waals surface area contributed by atoms with Crippen molar-refractivity contribution in [2.24, 2.45) is 0 Å². The van der Waals surface area contributed by atoms with Gasteiger partial charge in [-0.25, -0.2) is 8.42 Å². The lowest BCUT2D eigenvalue weighted by molar-refractivity contribution is 0.0730. The van der Waals surface area contributed by atoms with Crippen LogP contribution in [0, 0.1) is 0 Å². The van der Waals surface area contributed by atoms with Crippen LogP contribution in [0.1, 0.15) is 23.4 Å². The second kappa shape index (κ2) is 8.51. The van der Waals surface area contributed by atoms with Crippen molar-refractivity contribution >= 4 is 21.4 Å². The summed E-state index contributed by atoms with van der Waals surface area (Å²) in [4.78, 5) is 4.24. The van der Waals surface area contributed by atoms with Crippen molar-refractivity contribution in [3.63, 3.8) is 0 Å². The number of thiophene rings is 1. The van der Waals surface area contributed by atoms with E-state index in [9.17, 15) is 8.42 Å². The Bertz CT molecular complexity index is 889. The standard InChI is InChI=1S/C20H26N2O4S2/c1-16-19-7-15-27-20(19)6-8-21(16)9-14-26-17-2-4-18(5-3-17)28(23,24)22-10-12-25-13-11-22/h2-5,7,15-16H,6,8-14H2,1H3/t16-/m1/s1. The van der Waals surface area contributed by atoms with Crippen LogP contribution in [-0.4, -0.2) is 63.6 Å². The third kappa shape index (κ3) is 4.11. The largest absolute Gasteiger partial charge is 0.492 e. The molecule has 2 aromatic rings. The van der Waals surface area contributed by atoms with Crippen LogP contribution >= 0.6 is 11.3 Å². The van der Waals surface area contributed by atoms with Crippen LogP contribution in [0.3, 0.4) is 0 Å². The summed E-state index contributed by atoms with van der Waals surface area (Å²) < 4.78 is 37.9. The number of sulfonamides is 1. The quantitative estimate of drug-likeness (QED) is 0.717. The van der Waals surface area contributed by atoms with Gasteiger partial charge < -0.3 is 9.47 Å². The highest BCUT2D eigenvalue weighted by Gasteiger charge is 2.26. The molecule has 1 aromatic carbocycles. The Hall–Kier alpha value is -1.45. The van der Waals surface area contributed by atoms with Crippen molar-refractivity contribution in [3.05, 3.63) is 46.2 Å². The van der Waals surface area contributed by atoms with Gasteiger partial charge in [0.05, 0.1) is 18.1 Å². The SMILES string of the molecule is C[C@@H]1c2ccsc2CCN1CCOc1ccc(S(=O)(=O)N2CCOCC2)cc1. The number of rotatable bonds is 6. The van der Waals surface area contributed by atoms with Gasteiger partial charge in [0.15, 0.2) is 0 Å². The molecule has 0 unspecified atom stereocenters. The Morgan fingerprint density at radius 1 is 1.14 bits per heavy atom. The Morgan fingerprint density at radius 3 is 2.64 bits per heavy atom. The fraction of sp³-hybridized carbons (Fsp3) is 0.500. The fourth-order valence-electron chi connectivity index (χ4n) is 3.79. The van der Waals surface area contributed by atoms with E-state index in [1.54, 1.807) is 24.3 Å². The van der Waals surface area contributed by atoms with E-state index < -0.39 is 10.0 Å². The van der Waals surface area contributed by atoms with E-state index in [0.29, 0.717) is 49.6 Å². The molecule has 0 spiro atoms. The van der Waals surface area contributed by atoms with Gasteiger partial charge in [0.25, 0.3) is 0 Å². The molecule has 2 aliphatic heterocycles. The minimum atomic E-state index is -3.46. The third-order valence-corrected chi connectivity index (χ3v) is 8.39. The summed E-state index contributed by atoms with van der Waals surface area (Å²) in [7, 11) is -3.46. The van der Waals surface area contributed by atoms with Gasteiger partial charge in [-0.05, 0) is 54.6 Å². The lowest BCUT2D eigenvalue weighted by atomic mass is 10.0. The molecule has 0 amide bonds. The van der Waals surface area contributed by atoms with Crippen molar-refractivity contribution in [1.82, 2.24) is 9.21 Å². The van der Waals surface area contributed by atoms with E-state index in [-0.39, 0.29) is 0 Å². The first-order chi connectivity index (χ1) is 13.6. The minimum Gasteiger partial charge on any atom is -0.492 e. The van der Waals surface area contributed by atoms with Gasteiger partial charge in [0, 0.05) is 37.1 Å². The molecule has 2 aliphatic rings. The summed E-state index contributed by atoms with van der Waals surface area (Å²) in [5.74, 6) is 0.696. The molecule has 1 fully saturated rings. The molecule has 1 atom stereocenters. The maximum Gasteiger partial charge on any atom is 0.243 e. The highest BCUT2D eigenvalue weighted by Crippen LogP contribution is 2.32. The maximum atomic E-state index is 12.7. The molecule has 3 heterocycles. The number of morpholine rings is 1. The van der Waals surface area contributed by atoms with Gasteiger partial charge in [-0.3, -0.25) is 4.90 Å². The summed E-state index contributed by atoms with van der Waals surface area (Å²) in [6.45, 7) is 6.43. The monoisotopic (exact) mass is 422 g/mol. The average molecular weight is 423 g/mol. The van der Waals surface area contributed by atoms with E-state index in [1.807, 2.05) is 11.3 Å². The van der Waals surface area contributed by atoms with Crippen molar-refractivity contribution in [3.8, 4) is 5.75 Å². The van der Waals surface area contributed by atoms with E-state index in [0.717, 1.165) is 19.5 Å². The smallest absolute Gasteiger partial charge is 0.243 e. The van der Waals surface area contributed by atoms with Crippen LogP contribution in [0.4, 0.5) is 0 Å². The molecule has 0 bridgehead atoms. The molecule has 0 aliphatic carbocycles. The lowest BCUT2D eigenvalue weighted by Crippen LogP contribution is -2.40. The second-order valence-electron chi connectivity index (χ2n) is 7.10. The van der Waals surface area contributed by atoms with Crippen molar-refractivity contribution < 1.29 is 17.9 Å². The highest BCUT2D eigenvalue weighted by molar-refractivity contribution is 7.89. The lowest BCUT2D eigenvalue weighted by Gasteiger charge is -2.33. The summed E-state index contributed by atoms with van der Waals surface area (Å²) in [5.41, 5.74) is 1.44. The third-order valence-electron chi connectivity index (χ3n) is 5.48. The molecule has 0 N–H and O–H groups in total. The molecule has 152 valence electrons. The Balaban J connectivity index is 1.31. The molecule has 28 heavy (non-hydrogen) atoms. The average Bonchev–Trinajstić information content (AvgIpc) is 3.20. The van der Waals surface area contributed by atoms with Gasteiger partial charge in [0.2, 0.25) is 10.0 Å². The number of benzene rings is 1. The maximum absolute atomic E-state index is 12.7. The van der Waals surface area contributed by atoms with Gasteiger partial charge >= 0.3 is 0 Å². The van der Waals surface area contributed by atoms with Crippen LogP contribution < -0.4 is 4.74 Å². The van der Waals surface area contributed by atoms with E-state index in [1.165, 1.54) is 14.7 Å². The topological polar surface area (TPSA) is 59.1 Å². The van der Waals surface area contributed by atoms with Gasteiger partial charge in [-0.15, -0.1) is 11.3 Å². The molecule has 0 radical (unpaired) electrons. The molecule has 1 saturated heterocycles. The molecule has 6 nitrogen and oxygen atoms in total. The first-order valence-corrected chi connectivity index (χ1v) is 12.0. The number of fused-ring (bicyclic) bond motifs is 1. The van der Waals surface area contributed by atoms with Crippen molar-refractivity contribution in [2.45, 2.75) is 24.3 Å². The molecular weight excluding hydrogens is 396 g/mol. The normalized spacial score (nSPS) is 21.4. The number of ether oxygens (including phenoxy) is 2. The minimum absolute atomic E-state index is 0.302. The highest BCUT2D eigenvalue weighted by atomic mass is 32.2. The van der Waals surface area contributed by atoms with Crippen LogP contribution in [0.15, 0.2) is 40.6 Å². The second-order valence-corrected chi connectivity index (χ2v) is 10.0. The molecule has 4 rings (SSSR count). The summed E-state index contributed by atoms with van der Waals surface area (Å²) in [6.07, 6.45) is 1.10. The van der Waals surface area contributed by atoms with Crippen LogP contribution in [-0.2, 0) is 21.2 Å². The fourth-order valence-corrected chi connectivity index (χ4v) is 6.16.